The molecule has 5 nitrogen and oxygen atoms in total. The molecule has 0 spiro atoms. The van der Waals surface area contributed by atoms with Crippen molar-refractivity contribution in [2.24, 2.45) is 5.92 Å². The van der Waals surface area contributed by atoms with Crippen LogP contribution in [0.25, 0.3) is 10.9 Å². The number of carbonyl (C=O) groups is 2. The van der Waals surface area contributed by atoms with Gasteiger partial charge in [0, 0.05) is 43.8 Å². The maximum absolute atomic E-state index is 12.8. The second-order valence-electron chi connectivity index (χ2n) is 8.07. The van der Waals surface area contributed by atoms with E-state index in [9.17, 15) is 9.59 Å². The molecule has 2 fully saturated rings. The summed E-state index contributed by atoms with van der Waals surface area (Å²) in [6.07, 6.45) is 2.92. The van der Waals surface area contributed by atoms with Crippen molar-refractivity contribution < 1.29 is 9.59 Å². The van der Waals surface area contributed by atoms with E-state index in [1.807, 2.05) is 63.0 Å². The molecule has 2 aliphatic rings. The molecule has 0 unspecified atom stereocenters. The van der Waals surface area contributed by atoms with Crippen LogP contribution in [-0.4, -0.2) is 52.4 Å². The Labute approximate surface area is 170 Å². The SMILES string of the molecule is O=C(Cn1ccc2ccccc21)N1CCN(C(=O)[C@@H]2C[C@@H]2c2ccccc2)CC1. The van der Waals surface area contributed by atoms with Gasteiger partial charge in [-0.25, -0.2) is 0 Å². The number of aromatic nitrogens is 1. The quantitative estimate of drug-likeness (QED) is 0.691. The Hall–Kier alpha value is -3.08. The summed E-state index contributed by atoms with van der Waals surface area (Å²) in [5.41, 5.74) is 2.34. The standard InChI is InChI=1S/C24H25N3O2/c28-23(17-27-11-10-19-8-4-5-9-22(19)27)25-12-14-26(15-13-25)24(29)21-16-20(21)18-6-2-1-3-7-18/h1-11,20-21H,12-17H2/t20-,21-/m1/s1. The number of amides is 2. The molecule has 5 heteroatoms. The Morgan fingerprint density at radius 3 is 2.31 bits per heavy atom. The van der Waals surface area contributed by atoms with Crippen molar-refractivity contribution in [2.45, 2.75) is 18.9 Å². The van der Waals surface area contributed by atoms with Gasteiger partial charge >= 0.3 is 0 Å². The largest absolute Gasteiger partial charge is 0.339 e. The molecule has 1 saturated heterocycles. The van der Waals surface area contributed by atoms with Crippen molar-refractivity contribution >= 4 is 22.7 Å². The molecule has 148 valence electrons. The number of nitrogens with zero attached hydrogens (tertiary/aromatic N) is 3. The number of rotatable bonds is 4. The van der Waals surface area contributed by atoms with E-state index < -0.39 is 0 Å². The lowest BCUT2D eigenvalue weighted by molar-refractivity contribution is -0.140. The average Bonchev–Trinajstić information content (AvgIpc) is 3.49. The Morgan fingerprint density at radius 1 is 0.828 bits per heavy atom. The van der Waals surface area contributed by atoms with Crippen LogP contribution in [0.5, 0.6) is 0 Å². The summed E-state index contributed by atoms with van der Waals surface area (Å²) in [7, 11) is 0. The van der Waals surface area contributed by atoms with Crippen molar-refractivity contribution in [2.75, 3.05) is 26.2 Å². The van der Waals surface area contributed by atoms with Crippen LogP contribution in [0.2, 0.25) is 0 Å². The van der Waals surface area contributed by atoms with Crippen LogP contribution in [0.15, 0.2) is 66.9 Å². The van der Waals surface area contributed by atoms with E-state index in [-0.39, 0.29) is 17.7 Å². The Kier molecular flexibility index (Phi) is 4.58. The summed E-state index contributed by atoms with van der Waals surface area (Å²) >= 11 is 0. The minimum Gasteiger partial charge on any atom is -0.339 e. The molecule has 2 aromatic carbocycles. The first-order valence-electron chi connectivity index (χ1n) is 10.4. The summed E-state index contributed by atoms with van der Waals surface area (Å²) in [4.78, 5) is 29.4. The van der Waals surface area contributed by atoms with Crippen LogP contribution in [0.1, 0.15) is 17.9 Å². The number of benzene rings is 2. The van der Waals surface area contributed by atoms with Gasteiger partial charge in [-0.3, -0.25) is 9.59 Å². The van der Waals surface area contributed by atoms with Crippen molar-refractivity contribution in [3.63, 3.8) is 0 Å². The minimum absolute atomic E-state index is 0.117. The number of carbonyl (C=O) groups excluding carboxylic acids is 2. The zero-order valence-corrected chi connectivity index (χ0v) is 16.4. The highest BCUT2D eigenvalue weighted by Gasteiger charge is 2.46. The monoisotopic (exact) mass is 387 g/mol. The first-order valence-corrected chi connectivity index (χ1v) is 10.4. The molecule has 2 heterocycles. The smallest absolute Gasteiger partial charge is 0.242 e. The Morgan fingerprint density at radius 2 is 1.52 bits per heavy atom. The normalized spacial score (nSPS) is 21.4. The van der Waals surface area contributed by atoms with Gasteiger partial charge < -0.3 is 14.4 Å². The topological polar surface area (TPSA) is 45.6 Å². The van der Waals surface area contributed by atoms with Gasteiger partial charge in [-0.2, -0.15) is 0 Å². The lowest BCUT2D eigenvalue weighted by Gasteiger charge is -2.35. The zero-order valence-electron chi connectivity index (χ0n) is 16.4. The van der Waals surface area contributed by atoms with Crippen molar-refractivity contribution in [1.82, 2.24) is 14.4 Å². The first-order chi connectivity index (χ1) is 14.2. The third kappa shape index (κ3) is 3.53. The number of hydrogen-bond donors (Lipinski definition) is 0. The number of piperazine rings is 1. The van der Waals surface area contributed by atoms with E-state index in [0.717, 1.165) is 17.3 Å². The maximum atomic E-state index is 12.8. The van der Waals surface area contributed by atoms with E-state index in [4.69, 9.17) is 0 Å². The molecular formula is C24H25N3O2. The van der Waals surface area contributed by atoms with Crippen LogP contribution in [0.4, 0.5) is 0 Å². The fraction of sp³-hybridized carbons (Fsp3) is 0.333. The van der Waals surface area contributed by atoms with Gasteiger partial charge in [0.25, 0.3) is 0 Å². The van der Waals surface area contributed by atoms with Gasteiger partial charge in [-0.1, -0.05) is 48.5 Å². The van der Waals surface area contributed by atoms with Crippen LogP contribution >= 0.6 is 0 Å². The molecule has 1 aromatic heterocycles. The fourth-order valence-corrected chi connectivity index (χ4v) is 4.47. The van der Waals surface area contributed by atoms with Gasteiger partial charge in [0.05, 0.1) is 0 Å². The highest BCUT2D eigenvalue weighted by Crippen LogP contribution is 2.48. The predicted octanol–water partition coefficient (Wildman–Crippen LogP) is 3.12. The number of fused-ring (bicyclic) bond motifs is 1. The fourth-order valence-electron chi connectivity index (χ4n) is 4.47. The molecule has 5 rings (SSSR count). The molecule has 2 amide bonds. The first kappa shape index (κ1) is 18.0. The lowest BCUT2D eigenvalue weighted by atomic mass is 10.1. The Balaban J connectivity index is 1.15. The molecule has 1 aliphatic carbocycles. The molecule has 0 N–H and O–H groups in total. The van der Waals surface area contributed by atoms with E-state index in [1.165, 1.54) is 5.56 Å². The molecule has 0 radical (unpaired) electrons. The molecule has 1 aliphatic heterocycles. The van der Waals surface area contributed by atoms with Crippen molar-refractivity contribution in [1.29, 1.82) is 0 Å². The molecule has 3 aromatic rings. The van der Waals surface area contributed by atoms with Crippen molar-refractivity contribution in [3.05, 3.63) is 72.4 Å². The average molecular weight is 387 g/mol. The third-order valence-electron chi connectivity index (χ3n) is 6.27. The molecule has 2 atom stereocenters. The predicted molar refractivity (Wildman–Crippen MR) is 112 cm³/mol. The summed E-state index contributed by atoms with van der Waals surface area (Å²) in [6, 6.07) is 20.4. The van der Waals surface area contributed by atoms with Crippen LogP contribution < -0.4 is 0 Å². The highest BCUT2D eigenvalue weighted by atomic mass is 16.2. The van der Waals surface area contributed by atoms with Crippen LogP contribution in [-0.2, 0) is 16.1 Å². The molecular weight excluding hydrogens is 362 g/mol. The van der Waals surface area contributed by atoms with E-state index in [1.54, 1.807) is 0 Å². The van der Waals surface area contributed by atoms with E-state index >= 15 is 0 Å². The number of para-hydroxylation sites is 1. The van der Waals surface area contributed by atoms with Gasteiger partial charge in [0.1, 0.15) is 6.54 Å². The van der Waals surface area contributed by atoms with Gasteiger partial charge in [-0.05, 0) is 35.4 Å². The van der Waals surface area contributed by atoms with Crippen LogP contribution in [0, 0.1) is 5.92 Å². The van der Waals surface area contributed by atoms with Gasteiger partial charge in [0.15, 0.2) is 0 Å². The Bertz CT molecular complexity index is 1030. The second-order valence-corrected chi connectivity index (χ2v) is 8.07. The number of hydrogen-bond acceptors (Lipinski definition) is 2. The second kappa shape index (κ2) is 7.39. The minimum atomic E-state index is 0.117. The van der Waals surface area contributed by atoms with E-state index in [2.05, 4.69) is 18.2 Å². The lowest BCUT2D eigenvalue weighted by Crippen LogP contribution is -2.51. The van der Waals surface area contributed by atoms with Gasteiger partial charge in [0.2, 0.25) is 11.8 Å². The summed E-state index contributed by atoms with van der Waals surface area (Å²) < 4.78 is 2.00. The van der Waals surface area contributed by atoms with Gasteiger partial charge in [-0.15, -0.1) is 0 Å². The zero-order chi connectivity index (χ0) is 19.8. The molecule has 0 bridgehead atoms. The van der Waals surface area contributed by atoms with Crippen molar-refractivity contribution in [3.8, 4) is 0 Å². The summed E-state index contributed by atoms with van der Waals surface area (Å²) in [5.74, 6) is 0.852. The van der Waals surface area contributed by atoms with E-state index in [0.29, 0.717) is 38.6 Å². The highest BCUT2D eigenvalue weighted by molar-refractivity contribution is 5.85. The van der Waals surface area contributed by atoms with Crippen LogP contribution in [0.3, 0.4) is 0 Å². The molecule has 29 heavy (non-hydrogen) atoms. The molecule has 1 saturated carbocycles. The summed E-state index contributed by atoms with van der Waals surface area (Å²) in [5, 5.41) is 1.15. The third-order valence-corrected chi connectivity index (χ3v) is 6.27. The summed E-state index contributed by atoms with van der Waals surface area (Å²) in [6.45, 7) is 2.85. The maximum Gasteiger partial charge on any atom is 0.242 e.